The molecule has 132 valence electrons. The number of esters is 1. The van der Waals surface area contributed by atoms with Crippen LogP contribution in [0.3, 0.4) is 0 Å². The first-order chi connectivity index (χ1) is 11.0. The van der Waals surface area contributed by atoms with Crippen LogP contribution in [-0.4, -0.2) is 29.5 Å². The summed E-state index contributed by atoms with van der Waals surface area (Å²) in [6.45, 7) is 8.96. The third-order valence-electron chi connectivity index (χ3n) is 3.64. The summed E-state index contributed by atoms with van der Waals surface area (Å²) in [7, 11) is 0. The molecule has 1 amide bonds. The highest BCUT2D eigenvalue weighted by Crippen LogP contribution is 2.38. The molecule has 0 aliphatic heterocycles. The molecular weight excluding hydrogens is 310 g/mol. The number of hydrogen-bond donors (Lipinski definition) is 2. The summed E-state index contributed by atoms with van der Waals surface area (Å²) in [6, 6.07) is 3.68. The van der Waals surface area contributed by atoms with Crippen molar-refractivity contribution in [1.82, 2.24) is 5.32 Å². The Labute approximate surface area is 142 Å². The number of aliphatic carboxylic acids is 1. The van der Waals surface area contributed by atoms with Crippen molar-refractivity contribution in [2.75, 3.05) is 6.54 Å². The Bertz CT molecular complexity index is 649. The lowest BCUT2D eigenvalue weighted by atomic mass is 9.78. The highest BCUT2D eigenvalue weighted by Gasteiger charge is 2.30. The quantitative estimate of drug-likeness (QED) is 0.590. The monoisotopic (exact) mass is 335 g/mol. The van der Waals surface area contributed by atoms with Gasteiger partial charge in [0, 0.05) is 24.4 Å². The van der Waals surface area contributed by atoms with Crippen molar-refractivity contribution < 1.29 is 24.2 Å². The minimum atomic E-state index is -0.914. The average molecular weight is 335 g/mol. The normalized spacial score (nSPS) is 11.0. The number of nitrogens with one attached hydrogen (secondary N) is 1. The molecule has 0 heterocycles. The Kier molecular flexibility index (Phi) is 6.51. The summed E-state index contributed by atoms with van der Waals surface area (Å²) in [6.07, 6.45) is -0.0291. The first kappa shape index (κ1) is 19.7. The van der Waals surface area contributed by atoms with Crippen molar-refractivity contribution in [3.63, 3.8) is 0 Å². The van der Waals surface area contributed by atoms with Crippen molar-refractivity contribution >= 4 is 17.8 Å². The smallest absolute Gasteiger partial charge is 0.312 e. The van der Waals surface area contributed by atoms with Gasteiger partial charge in [-0.05, 0) is 31.0 Å². The van der Waals surface area contributed by atoms with Crippen molar-refractivity contribution in [3.05, 3.63) is 28.8 Å². The third kappa shape index (κ3) is 5.68. The minimum Gasteiger partial charge on any atom is -0.481 e. The molecule has 0 spiro atoms. The molecule has 1 aromatic carbocycles. The van der Waals surface area contributed by atoms with E-state index in [2.05, 4.69) is 5.32 Å². The summed E-state index contributed by atoms with van der Waals surface area (Å²) in [5.74, 6) is -1.21. The number of carboxylic acid groups (broad SMARTS) is 1. The van der Waals surface area contributed by atoms with Gasteiger partial charge in [-0.15, -0.1) is 0 Å². The van der Waals surface area contributed by atoms with Gasteiger partial charge in [0.25, 0.3) is 0 Å². The van der Waals surface area contributed by atoms with E-state index in [0.29, 0.717) is 11.3 Å². The molecule has 1 aromatic rings. The maximum atomic E-state index is 12.0. The fraction of sp³-hybridized carbons (Fsp3) is 0.500. The number of carboxylic acids is 1. The zero-order chi connectivity index (χ0) is 18.5. The number of ether oxygens (including phenoxy) is 1. The molecule has 0 saturated carbocycles. The Morgan fingerprint density at radius 3 is 2.38 bits per heavy atom. The molecule has 0 atom stereocenters. The van der Waals surface area contributed by atoms with Crippen LogP contribution in [0.2, 0.25) is 0 Å². The second-order valence-electron chi connectivity index (χ2n) is 6.62. The van der Waals surface area contributed by atoms with Gasteiger partial charge in [-0.25, -0.2) is 0 Å². The standard InChI is InChI=1S/C18H25NO5/c1-11-8-12(2)17(18(4,5)10-15(21)22)14(9-11)24-16(23)6-7-19-13(3)20/h8-9H,6-7,10H2,1-5H3,(H,19,20)(H,21,22). The lowest BCUT2D eigenvalue weighted by Gasteiger charge is -2.28. The van der Waals surface area contributed by atoms with E-state index in [9.17, 15) is 14.4 Å². The molecule has 0 unspecified atom stereocenters. The van der Waals surface area contributed by atoms with E-state index >= 15 is 0 Å². The van der Waals surface area contributed by atoms with Crippen LogP contribution in [0.25, 0.3) is 0 Å². The zero-order valence-electron chi connectivity index (χ0n) is 14.9. The number of benzene rings is 1. The van der Waals surface area contributed by atoms with E-state index in [1.54, 1.807) is 6.07 Å². The first-order valence-corrected chi connectivity index (χ1v) is 7.81. The van der Waals surface area contributed by atoms with Crippen LogP contribution >= 0.6 is 0 Å². The fourth-order valence-electron chi connectivity index (χ4n) is 2.86. The minimum absolute atomic E-state index is 0.0470. The van der Waals surface area contributed by atoms with Crippen molar-refractivity contribution in [2.24, 2.45) is 0 Å². The van der Waals surface area contributed by atoms with Crippen LogP contribution in [0.4, 0.5) is 0 Å². The third-order valence-corrected chi connectivity index (χ3v) is 3.64. The lowest BCUT2D eigenvalue weighted by molar-refractivity contribution is -0.138. The number of hydrogen-bond acceptors (Lipinski definition) is 4. The highest BCUT2D eigenvalue weighted by molar-refractivity contribution is 5.76. The van der Waals surface area contributed by atoms with E-state index in [4.69, 9.17) is 9.84 Å². The Balaban J connectivity index is 3.07. The van der Waals surface area contributed by atoms with E-state index < -0.39 is 17.4 Å². The van der Waals surface area contributed by atoms with Crippen LogP contribution in [0.1, 0.15) is 50.3 Å². The van der Waals surface area contributed by atoms with E-state index in [-0.39, 0.29) is 25.3 Å². The number of carbonyl (C=O) groups excluding carboxylic acids is 2. The van der Waals surface area contributed by atoms with Crippen LogP contribution in [0.15, 0.2) is 12.1 Å². The molecule has 0 aromatic heterocycles. The fourth-order valence-corrected chi connectivity index (χ4v) is 2.86. The molecule has 0 aliphatic rings. The second-order valence-corrected chi connectivity index (χ2v) is 6.62. The van der Waals surface area contributed by atoms with Crippen molar-refractivity contribution in [3.8, 4) is 5.75 Å². The molecule has 1 rings (SSSR count). The zero-order valence-corrected chi connectivity index (χ0v) is 14.9. The SMILES string of the molecule is CC(=O)NCCC(=O)Oc1cc(C)cc(C)c1C(C)(C)CC(=O)O. The predicted octanol–water partition coefficient (Wildman–Crippen LogP) is 2.49. The van der Waals surface area contributed by atoms with Crippen molar-refractivity contribution in [2.45, 2.75) is 52.9 Å². The summed E-state index contributed by atoms with van der Waals surface area (Å²) in [4.78, 5) is 34.0. The Morgan fingerprint density at radius 2 is 1.83 bits per heavy atom. The molecule has 6 nitrogen and oxygen atoms in total. The first-order valence-electron chi connectivity index (χ1n) is 7.81. The van der Waals surface area contributed by atoms with E-state index in [1.165, 1.54) is 6.92 Å². The Hall–Kier alpha value is -2.37. The van der Waals surface area contributed by atoms with Gasteiger partial charge in [0.1, 0.15) is 5.75 Å². The molecule has 0 radical (unpaired) electrons. The van der Waals surface area contributed by atoms with Gasteiger partial charge < -0.3 is 15.2 Å². The molecule has 0 fully saturated rings. The second kappa shape index (κ2) is 7.95. The lowest BCUT2D eigenvalue weighted by Crippen LogP contribution is -2.27. The molecule has 24 heavy (non-hydrogen) atoms. The van der Waals surface area contributed by atoms with Gasteiger partial charge in [0.15, 0.2) is 0 Å². The van der Waals surface area contributed by atoms with Crippen LogP contribution in [-0.2, 0) is 19.8 Å². The number of aryl methyl sites for hydroxylation is 2. The number of amides is 1. The van der Waals surface area contributed by atoms with Gasteiger partial charge in [-0.2, -0.15) is 0 Å². The summed E-state index contributed by atoms with van der Waals surface area (Å²) in [5, 5.41) is 11.7. The largest absolute Gasteiger partial charge is 0.481 e. The number of carbonyl (C=O) groups is 3. The van der Waals surface area contributed by atoms with Gasteiger partial charge in [-0.1, -0.05) is 19.9 Å². The van der Waals surface area contributed by atoms with E-state index in [1.807, 2.05) is 33.8 Å². The summed E-state index contributed by atoms with van der Waals surface area (Å²) < 4.78 is 5.47. The Morgan fingerprint density at radius 1 is 1.21 bits per heavy atom. The van der Waals surface area contributed by atoms with Gasteiger partial charge in [0.2, 0.25) is 5.91 Å². The topological polar surface area (TPSA) is 92.7 Å². The van der Waals surface area contributed by atoms with Gasteiger partial charge in [0.05, 0.1) is 12.8 Å². The van der Waals surface area contributed by atoms with Gasteiger partial charge >= 0.3 is 11.9 Å². The molecule has 0 aliphatic carbocycles. The van der Waals surface area contributed by atoms with Crippen LogP contribution in [0.5, 0.6) is 5.75 Å². The molecule has 6 heteroatoms. The highest BCUT2D eigenvalue weighted by atomic mass is 16.5. The maximum absolute atomic E-state index is 12.0. The average Bonchev–Trinajstić information content (AvgIpc) is 2.34. The van der Waals surface area contributed by atoms with Crippen LogP contribution < -0.4 is 10.1 Å². The van der Waals surface area contributed by atoms with E-state index in [0.717, 1.165) is 11.1 Å². The molecular formula is C18H25NO5. The van der Waals surface area contributed by atoms with Gasteiger partial charge in [-0.3, -0.25) is 14.4 Å². The maximum Gasteiger partial charge on any atom is 0.312 e. The number of rotatable bonds is 7. The molecule has 0 saturated heterocycles. The molecule has 0 bridgehead atoms. The summed E-state index contributed by atoms with van der Waals surface area (Å²) in [5.41, 5.74) is 1.83. The molecule has 2 N–H and O–H groups in total. The summed E-state index contributed by atoms with van der Waals surface area (Å²) >= 11 is 0. The van der Waals surface area contributed by atoms with Crippen LogP contribution in [0, 0.1) is 13.8 Å². The predicted molar refractivity (Wildman–Crippen MR) is 90.1 cm³/mol. The van der Waals surface area contributed by atoms with Crippen molar-refractivity contribution in [1.29, 1.82) is 0 Å².